The highest BCUT2D eigenvalue weighted by atomic mass is 16.5. The summed E-state index contributed by atoms with van der Waals surface area (Å²) in [5, 5.41) is 13.8. The third kappa shape index (κ3) is 5.02. The van der Waals surface area contributed by atoms with Crippen molar-refractivity contribution in [1.29, 1.82) is 0 Å². The van der Waals surface area contributed by atoms with Gasteiger partial charge in [0.05, 0.1) is 71.9 Å². The van der Waals surface area contributed by atoms with Crippen molar-refractivity contribution in [3.05, 3.63) is 80.9 Å². The summed E-state index contributed by atoms with van der Waals surface area (Å²) in [4.78, 5) is 44.5. The summed E-state index contributed by atoms with van der Waals surface area (Å²) < 4.78 is 14.0. The minimum absolute atomic E-state index is 0.204. The molecule has 0 amide bonds. The van der Waals surface area contributed by atoms with E-state index in [0.717, 1.165) is 104 Å². The predicted octanol–water partition coefficient (Wildman–Crippen LogP) is 1.77. The third-order valence-corrected chi connectivity index (χ3v) is 9.07. The molecule has 16 nitrogen and oxygen atoms in total. The van der Waals surface area contributed by atoms with Crippen LogP contribution in [0.3, 0.4) is 0 Å². The van der Waals surface area contributed by atoms with Crippen molar-refractivity contribution in [2.45, 2.75) is 13.1 Å². The fraction of sp³-hybridized carbons (Fsp3) is 0.312. The molecule has 16 heteroatoms. The molecule has 48 heavy (non-hydrogen) atoms. The average molecular weight is 649 g/mol. The van der Waals surface area contributed by atoms with Gasteiger partial charge in [-0.15, -0.1) is 0 Å². The number of hydrogen-bond donors (Lipinski definition) is 4. The normalized spacial score (nSPS) is 16.5. The first kappa shape index (κ1) is 28.8. The number of H-pyrrole nitrogens is 4. The van der Waals surface area contributed by atoms with Crippen LogP contribution in [0.25, 0.3) is 55.4 Å². The maximum atomic E-state index is 12.5. The van der Waals surface area contributed by atoms with E-state index in [1.807, 2.05) is 18.2 Å². The zero-order chi connectivity index (χ0) is 32.2. The van der Waals surface area contributed by atoms with Gasteiger partial charge in [-0.25, -0.2) is 28.4 Å². The molecule has 2 aliphatic heterocycles. The Morgan fingerprint density at radius 1 is 0.625 bits per heavy atom. The van der Waals surface area contributed by atoms with Crippen molar-refractivity contribution < 1.29 is 9.47 Å². The van der Waals surface area contributed by atoms with Gasteiger partial charge in [0.25, 0.3) is 0 Å². The molecular formula is C32H32N12O4. The molecule has 8 heterocycles. The van der Waals surface area contributed by atoms with E-state index in [1.165, 1.54) is 5.56 Å². The van der Waals surface area contributed by atoms with Crippen molar-refractivity contribution in [1.82, 2.24) is 58.9 Å². The van der Waals surface area contributed by atoms with Crippen LogP contribution >= 0.6 is 0 Å². The van der Waals surface area contributed by atoms with E-state index in [-0.39, 0.29) is 11.4 Å². The van der Waals surface area contributed by atoms with Gasteiger partial charge in [0.2, 0.25) is 0 Å². The molecule has 0 aliphatic carbocycles. The van der Waals surface area contributed by atoms with Crippen molar-refractivity contribution in [3.8, 4) is 0 Å². The summed E-state index contributed by atoms with van der Waals surface area (Å²) in [7, 11) is 0. The quantitative estimate of drug-likeness (QED) is 0.220. The van der Waals surface area contributed by atoms with Crippen molar-refractivity contribution in [2.24, 2.45) is 0 Å². The van der Waals surface area contributed by atoms with E-state index >= 15 is 0 Å². The molecule has 2 fully saturated rings. The molecular weight excluding hydrogens is 616 g/mol. The molecule has 2 saturated heterocycles. The molecule has 10 rings (SSSR count). The number of morpholine rings is 2. The Bertz CT molecular complexity index is 2530. The number of nitrogens with one attached hydrogen (secondary N) is 4. The van der Waals surface area contributed by atoms with Crippen LogP contribution in [0.2, 0.25) is 0 Å². The molecule has 0 unspecified atom stereocenters. The second kappa shape index (κ2) is 11.7. The summed E-state index contributed by atoms with van der Waals surface area (Å²) >= 11 is 0. The fourth-order valence-corrected chi connectivity index (χ4v) is 6.67. The summed E-state index contributed by atoms with van der Waals surface area (Å²) in [6.45, 7) is 8.56. The van der Waals surface area contributed by atoms with E-state index in [1.54, 1.807) is 21.2 Å². The van der Waals surface area contributed by atoms with E-state index in [0.29, 0.717) is 22.3 Å². The molecule has 4 N–H and O–H groups in total. The predicted molar refractivity (Wildman–Crippen MR) is 178 cm³/mol. The first-order valence-electron chi connectivity index (χ1n) is 15.9. The second-order valence-corrected chi connectivity index (χ2v) is 12.1. The monoisotopic (exact) mass is 648 g/mol. The maximum absolute atomic E-state index is 12.5. The summed E-state index contributed by atoms with van der Waals surface area (Å²) in [6, 6.07) is 12.2. The van der Waals surface area contributed by atoms with Crippen LogP contribution < -0.4 is 11.4 Å². The van der Waals surface area contributed by atoms with Gasteiger partial charge in [-0.2, -0.15) is 10.2 Å². The molecule has 8 aromatic rings. The van der Waals surface area contributed by atoms with Crippen molar-refractivity contribution >= 4 is 55.4 Å². The number of aromatic amines is 4. The summed E-state index contributed by atoms with van der Waals surface area (Å²) in [5.41, 5.74) is 9.17. The molecule has 0 saturated carbocycles. The van der Waals surface area contributed by atoms with E-state index in [2.05, 4.69) is 68.3 Å². The van der Waals surface area contributed by atoms with Crippen LogP contribution in [0.1, 0.15) is 11.1 Å². The number of aromatic nitrogens is 10. The van der Waals surface area contributed by atoms with Gasteiger partial charge in [0.15, 0.2) is 11.3 Å². The van der Waals surface area contributed by atoms with Crippen molar-refractivity contribution in [3.63, 3.8) is 0 Å². The highest BCUT2D eigenvalue weighted by Gasteiger charge is 2.17. The Kier molecular flexibility index (Phi) is 7.00. The molecule has 0 bridgehead atoms. The zero-order valence-electron chi connectivity index (χ0n) is 25.9. The third-order valence-electron chi connectivity index (χ3n) is 9.07. The van der Waals surface area contributed by atoms with Crippen LogP contribution in [0.15, 0.2) is 58.4 Å². The molecule has 0 radical (unpaired) electrons. The zero-order valence-corrected chi connectivity index (χ0v) is 25.9. The number of rotatable bonds is 4. The lowest BCUT2D eigenvalue weighted by atomic mass is 10.2. The van der Waals surface area contributed by atoms with Gasteiger partial charge in [0.1, 0.15) is 11.0 Å². The Morgan fingerprint density at radius 3 is 1.75 bits per heavy atom. The smallest absolute Gasteiger partial charge is 0.332 e. The van der Waals surface area contributed by atoms with Crippen molar-refractivity contribution in [2.75, 3.05) is 52.6 Å². The Labute approximate surface area is 270 Å². The minimum atomic E-state index is -0.206. The molecule has 2 aromatic carbocycles. The van der Waals surface area contributed by atoms with Gasteiger partial charge in [-0.3, -0.25) is 20.0 Å². The minimum Gasteiger partial charge on any atom is -0.379 e. The maximum Gasteiger partial charge on any atom is 0.332 e. The van der Waals surface area contributed by atoms with E-state index in [9.17, 15) is 9.59 Å². The van der Waals surface area contributed by atoms with Gasteiger partial charge in [0, 0.05) is 39.3 Å². The number of ether oxygens (including phenoxy) is 2. The van der Waals surface area contributed by atoms with Crippen LogP contribution in [-0.4, -0.2) is 112 Å². The number of nitrogens with zero attached hydrogens (tertiary/aromatic N) is 8. The largest absolute Gasteiger partial charge is 0.379 e. The summed E-state index contributed by atoms with van der Waals surface area (Å²) in [5.74, 6) is 0. The topological polar surface area (TPSA) is 183 Å². The fourth-order valence-electron chi connectivity index (χ4n) is 6.67. The molecule has 0 spiro atoms. The van der Waals surface area contributed by atoms with Gasteiger partial charge >= 0.3 is 11.4 Å². The van der Waals surface area contributed by atoms with Crippen LogP contribution in [0.5, 0.6) is 0 Å². The Morgan fingerprint density at radius 2 is 1.15 bits per heavy atom. The van der Waals surface area contributed by atoms with Gasteiger partial charge < -0.3 is 19.4 Å². The highest BCUT2D eigenvalue weighted by Crippen LogP contribution is 2.23. The van der Waals surface area contributed by atoms with Crippen LogP contribution in [0.4, 0.5) is 0 Å². The van der Waals surface area contributed by atoms with Gasteiger partial charge in [-0.05, 0) is 35.4 Å². The molecule has 0 atom stereocenters. The second-order valence-electron chi connectivity index (χ2n) is 12.1. The molecule has 2 aliphatic rings. The van der Waals surface area contributed by atoms with E-state index < -0.39 is 0 Å². The highest BCUT2D eigenvalue weighted by molar-refractivity contribution is 5.94. The SMILES string of the molecule is O=c1[nH]c2cn[nH]c2c2nc3cc(CN4CCOCC4)ccc3n12.O=c1[nH]c2cn[nH]c2c2nc3ccc(CN4CCOCC4)cc3n12. The van der Waals surface area contributed by atoms with Gasteiger partial charge in [-0.1, -0.05) is 12.1 Å². The van der Waals surface area contributed by atoms with E-state index in [4.69, 9.17) is 9.47 Å². The lowest BCUT2D eigenvalue weighted by Crippen LogP contribution is -2.35. The number of hydrogen-bond acceptors (Lipinski definition) is 10. The van der Waals surface area contributed by atoms with Crippen LogP contribution in [0, 0.1) is 0 Å². The standard InChI is InChI=1S/2C16H16N6O2/c23-16-19-12-8-17-20-14(12)15-18-11-7-10(1-2-13(11)22(15)16)9-21-3-5-24-6-4-21;23-16-19-12-8-17-20-14(12)15-18-11-2-1-10(7-13(11)22(15)16)9-21-3-5-24-6-4-21/h2*1-2,7-8H,3-6,9H2,(H,17,20)(H,19,23). The Balaban J connectivity index is 0.000000131. The number of benzene rings is 2. The first-order chi connectivity index (χ1) is 23.6. The number of imidazole rings is 2. The average Bonchev–Trinajstić information content (AvgIpc) is 3.90. The number of fused-ring (bicyclic) bond motifs is 10. The first-order valence-corrected chi connectivity index (χ1v) is 15.9. The summed E-state index contributed by atoms with van der Waals surface area (Å²) in [6.07, 6.45) is 3.19. The molecule has 244 valence electrons. The lowest BCUT2D eigenvalue weighted by Gasteiger charge is -2.26. The lowest BCUT2D eigenvalue weighted by molar-refractivity contribution is 0.0341. The Hall–Kier alpha value is -5.42. The van der Waals surface area contributed by atoms with Crippen LogP contribution in [-0.2, 0) is 22.6 Å². The molecule has 6 aromatic heterocycles.